The summed E-state index contributed by atoms with van der Waals surface area (Å²) in [6.45, 7) is 0.496. The number of carbonyl (C=O) groups is 1. The van der Waals surface area contributed by atoms with Crippen molar-refractivity contribution in [2.45, 2.75) is 0 Å². The fraction of sp³-hybridized carbons (Fsp3) is 0.167. The van der Waals surface area contributed by atoms with E-state index in [1.54, 1.807) is 37.1 Å². The van der Waals surface area contributed by atoms with Gasteiger partial charge in [0.2, 0.25) is 0 Å². The Bertz CT molecular complexity index is 777. The maximum absolute atomic E-state index is 12.7. The zero-order valence-electron chi connectivity index (χ0n) is 13.0. The second-order valence-electron chi connectivity index (χ2n) is 5.02. The van der Waals surface area contributed by atoms with Gasteiger partial charge in [-0.1, -0.05) is 41.9 Å². The molecule has 1 aliphatic rings. The lowest BCUT2D eigenvalue weighted by Gasteiger charge is -2.21. The first-order valence-corrected chi connectivity index (χ1v) is 8.75. The topological polar surface area (TPSA) is 47.6 Å². The average Bonchev–Trinajstić information content (AvgIpc) is 2.62. The van der Waals surface area contributed by atoms with Gasteiger partial charge in [-0.15, -0.1) is 11.8 Å². The molecule has 0 atom stereocenters. The van der Waals surface area contributed by atoms with Crippen molar-refractivity contribution >= 4 is 39.9 Å². The van der Waals surface area contributed by atoms with Gasteiger partial charge in [0.15, 0.2) is 5.76 Å². The van der Waals surface area contributed by atoms with E-state index in [9.17, 15) is 4.79 Å². The molecule has 124 valence electrons. The lowest BCUT2D eigenvalue weighted by atomic mass is 10.2. The number of amides is 1. The van der Waals surface area contributed by atoms with Gasteiger partial charge in [-0.25, -0.2) is 0 Å². The van der Waals surface area contributed by atoms with Gasteiger partial charge in [0.1, 0.15) is 5.75 Å². The van der Waals surface area contributed by atoms with Crippen molar-refractivity contribution in [3.05, 3.63) is 64.9 Å². The molecule has 0 spiro atoms. The van der Waals surface area contributed by atoms with Crippen LogP contribution in [0.4, 0.5) is 5.69 Å². The summed E-state index contributed by atoms with van der Waals surface area (Å²) >= 11 is 7.63. The number of rotatable bonds is 4. The molecule has 0 saturated heterocycles. The van der Waals surface area contributed by atoms with E-state index in [1.165, 1.54) is 0 Å². The molecule has 0 fully saturated rings. The number of halogens is 1. The van der Waals surface area contributed by atoms with Crippen molar-refractivity contribution in [3.63, 3.8) is 0 Å². The highest BCUT2D eigenvalue weighted by Crippen LogP contribution is 2.36. The first kappa shape index (κ1) is 16.7. The van der Waals surface area contributed by atoms with Crippen LogP contribution < -0.4 is 10.1 Å². The van der Waals surface area contributed by atoms with Gasteiger partial charge in [-0.2, -0.15) is 0 Å². The number of hydrogen-bond donors (Lipinski definition) is 1. The maximum Gasteiger partial charge on any atom is 0.292 e. The minimum absolute atomic E-state index is 0.318. The van der Waals surface area contributed by atoms with Crippen LogP contribution in [0.25, 0.3) is 4.91 Å². The second-order valence-corrected chi connectivity index (χ2v) is 6.56. The molecule has 0 saturated carbocycles. The smallest absolute Gasteiger partial charge is 0.292 e. The third kappa shape index (κ3) is 3.68. The van der Waals surface area contributed by atoms with Crippen LogP contribution in [0, 0.1) is 0 Å². The highest BCUT2D eigenvalue weighted by molar-refractivity contribution is 8.08. The summed E-state index contributed by atoms with van der Waals surface area (Å²) < 4.78 is 10.9. The predicted octanol–water partition coefficient (Wildman–Crippen LogP) is 4.42. The number of methoxy groups -OCH3 is 1. The predicted molar refractivity (Wildman–Crippen MR) is 98.4 cm³/mol. The Hall–Kier alpha value is -2.11. The lowest BCUT2D eigenvalue weighted by molar-refractivity contribution is -0.115. The second kappa shape index (κ2) is 7.64. The third-order valence-corrected chi connectivity index (χ3v) is 4.75. The molecule has 0 unspecified atom stereocenters. The van der Waals surface area contributed by atoms with Gasteiger partial charge in [0.05, 0.1) is 24.3 Å². The molecule has 6 heteroatoms. The highest BCUT2D eigenvalue weighted by Gasteiger charge is 2.23. The molecule has 1 N–H and O–H groups in total. The fourth-order valence-corrected chi connectivity index (χ4v) is 3.48. The lowest BCUT2D eigenvalue weighted by Crippen LogP contribution is -2.21. The van der Waals surface area contributed by atoms with Crippen molar-refractivity contribution in [3.8, 4) is 5.75 Å². The van der Waals surface area contributed by atoms with E-state index in [1.807, 2.05) is 30.3 Å². The first-order valence-electron chi connectivity index (χ1n) is 7.39. The molecule has 0 aromatic heterocycles. The van der Waals surface area contributed by atoms with Crippen molar-refractivity contribution in [1.82, 2.24) is 0 Å². The molecule has 1 heterocycles. The van der Waals surface area contributed by atoms with Crippen LogP contribution >= 0.6 is 23.4 Å². The Kier molecular flexibility index (Phi) is 5.33. The molecule has 2 aromatic carbocycles. The van der Waals surface area contributed by atoms with Crippen LogP contribution in [0.3, 0.4) is 0 Å². The number of hydrogen-bond acceptors (Lipinski definition) is 4. The van der Waals surface area contributed by atoms with Crippen LogP contribution in [0.5, 0.6) is 5.75 Å². The summed E-state index contributed by atoms with van der Waals surface area (Å²) in [6, 6.07) is 14.8. The summed E-state index contributed by atoms with van der Waals surface area (Å²) in [4.78, 5) is 13.6. The van der Waals surface area contributed by atoms with Crippen molar-refractivity contribution in [1.29, 1.82) is 0 Å². The highest BCUT2D eigenvalue weighted by atomic mass is 35.5. The number of benzene rings is 2. The van der Waals surface area contributed by atoms with E-state index in [0.29, 0.717) is 28.8 Å². The van der Waals surface area contributed by atoms with E-state index in [0.717, 1.165) is 16.2 Å². The maximum atomic E-state index is 12.7. The van der Waals surface area contributed by atoms with Crippen molar-refractivity contribution < 1.29 is 14.3 Å². The third-order valence-electron chi connectivity index (χ3n) is 3.43. The molecule has 0 bridgehead atoms. The summed E-state index contributed by atoms with van der Waals surface area (Å²) in [6.07, 6.45) is 0. The van der Waals surface area contributed by atoms with E-state index >= 15 is 0 Å². The molecule has 24 heavy (non-hydrogen) atoms. The van der Waals surface area contributed by atoms with Crippen LogP contribution in [-0.2, 0) is 9.53 Å². The Balaban J connectivity index is 1.93. The average molecular weight is 362 g/mol. The Morgan fingerprint density at radius 1 is 1.25 bits per heavy atom. The minimum atomic E-state index is -0.318. The Morgan fingerprint density at radius 3 is 2.79 bits per heavy atom. The van der Waals surface area contributed by atoms with Gasteiger partial charge in [-0.3, -0.25) is 4.79 Å². The van der Waals surface area contributed by atoms with Crippen molar-refractivity contribution in [2.75, 3.05) is 24.8 Å². The summed E-state index contributed by atoms with van der Waals surface area (Å²) in [5.74, 6) is 1.35. The molecule has 0 radical (unpaired) electrons. The standard InChI is InChI=1S/C18H16ClNO3S/c1-22-15-8-7-13(19)11-14(15)20-18(21)16-17(24-10-9-23-16)12-5-3-2-4-6-12/h2-8,11H,9-10H2,1H3,(H,20,21). The van der Waals surface area contributed by atoms with E-state index in [4.69, 9.17) is 21.1 Å². The van der Waals surface area contributed by atoms with Crippen LogP contribution in [0.2, 0.25) is 5.02 Å². The molecule has 1 aliphatic heterocycles. The molecular formula is C18H16ClNO3S. The van der Waals surface area contributed by atoms with Gasteiger partial charge >= 0.3 is 0 Å². The minimum Gasteiger partial charge on any atom is -0.495 e. The molecule has 1 amide bonds. The van der Waals surface area contributed by atoms with Gasteiger partial charge in [0, 0.05) is 10.8 Å². The van der Waals surface area contributed by atoms with Gasteiger partial charge in [0.25, 0.3) is 5.91 Å². The number of ether oxygens (including phenoxy) is 2. The quantitative estimate of drug-likeness (QED) is 0.875. The van der Waals surface area contributed by atoms with E-state index < -0.39 is 0 Å². The molecular weight excluding hydrogens is 346 g/mol. The molecule has 2 aromatic rings. The Morgan fingerprint density at radius 2 is 2.04 bits per heavy atom. The zero-order valence-corrected chi connectivity index (χ0v) is 14.6. The SMILES string of the molecule is COc1ccc(Cl)cc1NC(=O)C1=C(c2ccccc2)SCCO1. The summed E-state index contributed by atoms with van der Waals surface area (Å²) in [5.41, 5.74) is 1.47. The number of nitrogens with one attached hydrogen (secondary N) is 1. The fourth-order valence-electron chi connectivity index (χ4n) is 2.35. The number of anilines is 1. The Labute approximate surface area is 149 Å². The molecule has 4 nitrogen and oxygen atoms in total. The van der Waals surface area contributed by atoms with Crippen LogP contribution in [0.1, 0.15) is 5.56 Å². The van der Waals surface area contributed by atoms with Gasteiger partial charge < -0.3 is 14.8 Å². The molecule has 0 aliphatic carbocycles. The monoisotopic (exact) mass is 361 g/mol. The number of carbonyl (C=O) groups excluding carboxylic acids is 1. The summed E-state index contributed by atoms with van der Waals surface area (Å²) in [7, 11) is 1.54. The largest absolute Gasteiger partial charge is 0.495 e. The van der Waals surface area contributed by atoms with E-state index in [2.05, 4.69) is 5.32 Å². The normalized spacial score (nSPS) is 14.1. The van der Waals surface area contributed by atoms with E-state index in [-0.39, 0.29) is 5.91 Å². The first-order chi connectivity index (χ1) is 11.7. The van der Waals surface area contributed by atoms with Gasteiger partial charge in [-0.05, 0) is 23.8 Å². The zero-order chi connectivity index (χ0) is 16.9. The summed E-state index contributed by atoms with van der Waals surface area (Å²) in [5, 5.41) is 3.34. The molecule has 3 rings (SSSR count). The number of thioether (sulfide) groups is 1. The van der Waals surface area contributed by atoms with Crippen LogP contribution in [0.15, 0.2) is 54.3 Å². The van der Waals surface area contributed by atoms with Crippen LogP contribution in [-0.4, -0.2) is 25.4 Å². The van der Waals surface area contributed by atoms with Crippen molar-refractivity contribution in [2.24, 2.45) is 0 Å².